The fraction of sp³-hybridized carbons (Fsp3) is 0.118. The van der Waals surface area contributed by atoms with Crippen LogP contribution in [-0.4, -0.2) is 32.9 Å². The number of amides is 1. The van der Waals surface area contributed by atoms with Crippen molar-refractivity contribution in [3.63, 3.8) is 0 Å². The molecule has 2 aromatic carbocycles. The molecule has 1 heterocycles. The fourth-order valence-electron chi connectivity index (χ4n) is 2.26. The lowest BCUT2D eigenvalue weighted by Crippen LogP contribution is -2.28. The number of nitro groups is 1. The Morgan fingerprint density at radius 3 is 2.76 bits per heavy atom. The smallest absolute Gasteiger partial charge is 0.270 e. The number of thioether (sulfide) groups is 1. The van der Waals surface area contributed by atoms with E-state index in [1.807, 2.05) is 30.3 Å². The van der Waals surface area contributed by atoms with E-state index in [0.717, 1.165) is 5.56 Å². The van der Waals surface area contributed by atoms with Crippen molar-refractivity contribution in [3.05, 3.63) is 75.8 Å². The first-order valence-corrected chi connectivity index (χ1v) is 8.44. The standard InChI is InChI=1S/C17H14N4O3S/c22-16-12-25-17(20(16)11-13-5-2-1-3-6-13)19-18-10-14-7-4-8-15(9-14)21(23)24/h1-10H,11-12H2/b18-10-,19-17+. The normalized spacial score (nSPS) is 16.1. The maximum Gasteiger partial charge on any atom is 0.270 e. The predicted molar refractivity (Wildman–Crippen MR) is 97.6 cm³/mol. The molecule has 0 spiro atoms. The van der Waals surface area contributed by atoms with Gasteiger partial charge in [0.15, 0.2) is 5.17 Å². The van der Waals surface area contributed by atoms with E-state index in [9.17, 15) is 14.9 Å². The first kappa shape index (κ1) is 16.8. The van der Waals surface area contributed by atoms with Crippen molar-refractivity contribution < 1.29 is 9.72 Å². The molecule has 2 aromatic rings. The van der Waals surface area contributed by atoms with E-state index >= 15 is 0 Å². The van der Waals surface area contributed by atoms with Gasteiger partial charge in [0.25, 0.3) is 5.69 Å². The Hall–Kier alpha value is -3.00. The van der Waals surface area contributed by atoms with E-state index in [2.05, 4.69) is 10.2 Å². The van der Waals surface area contributed by atoms with Crippen molar-refractivity contribution in [2.75, 3.05) is 5.75 Å². The number of nitrogens with zero attached hydrogens (tertiary/aromatic N) is 4. The summed E-state index contributed by atoms with van der Waals surface area (Å²) in [7, 11) is 0. The zero-order valence-electron chi connectivity index (χ0n) is 13.1. The van der Waals surface area contributed by atoms with E-state index in [1.165, 1.54) is 30.1 Å². The molecule has 1 aliphatic heterocycles. The lowest BCUT2D eigenvalue weighted by Gasteiger charge is -2.14. The largest absolute Gasteiger partial charge is 0.285 e. The molecule has 0 radical (unpaired) electrons. The van der Waals surface area contributed by atoms with Crippen molar-refractivity contribution in [3.8, 4) is 0 Å². The molecular weight excluding hydrogens is 340 g/mol. The molecule has 126 valence electrons. The van der Waals surface area contributed by atoms with Crippen LogP contribution in [0.3, 0.4) is 0 Å². The van der Waals surface area contributed by atoms with E-state index < -0.39 is 4.92 Å². The monoisotopic (exact) mass is 354 g/mol. The fourth-order valence-corrected chi connectivity index (χ4v) is 3.09. The van der Waals surface area contributed by atoms with Crippen molar-refractivity contribution in [2.24, 2.45) is 10.2 Å². The lowest BCUT2D eigenvalue weighted by atomic mass is 10.2. The van der Waals surface area contributed by atoms with Crippen LogP contribution in [-0.2, 0) is 11.3 Å². The minimum Gasteiger partial charge on any atom is -0.285 e. The number of nitro benzene ring substituents is 1. The SMILES string of the molecule is O=C1CS/C(=N/N=C\c2cccc([N+](=O)[O-])c2)N1Cc1ccccc1. The third-order valence-electron chi connectivity index (χ3n) is 3.47. The van der Waals surface area contributed by atoms with Crippen LogP contribution in [0, 0.1) is 10.1 Å². The van der Waals surface area contributed by atoms with Crippen LogP contribution >= 0.6 is 11.8 Å². The van der Waals surface area contributed by atoms with Gasteiger partial charge in [0.1, 0.15) is 0 Å². The molecule has 0 unspecified atom stereocenters. The topological polar surface area (TPSA) is 88.2 Å². The first-order valence-electron chi connectivity index (χ1n) is 7.46. The van der Waals surface area contributed by atoms with Crippen LogP contribution in [0.1, 0.15) is 11.1 Å². The maximum absolute atomic E-state index is 12.0. The zero-order chi connectivity index (χ0) is 17.6. The van der Waals surface area contributed by atoms with Gasteiger partial charge in [0, 0.05) is 17.7 Å². The molecule has 8 heteroatoms. The molecule has 1 saturated heterocycles. The number of carbonyl (C=O) groups excluding carboxylic acids is 1. The Labute approximate surface area is 148 Å². The number of carbonyl (C=O) groups is 1. The van der Waals surface area contributed by atoms with Crippen molar-refractivity contribution in [1.29, 1.82) is 0 Å². The number of benzene rings is 2. The van der Waals surface area contributed by atoms with Crippen LogP contribution in [0.5, 0.6) is 0 Å². The van der Waals surface area contributed by atoms with Crippen LogP contribution < -0.4 is 0 Å². The number of non-ortho nitro benzene ring substituents is 1. The van der Waals surface area contributed by atoms with Gasteiger partial charge in [-0.05, 0) is 5.56 Å². The predicted octanol–water partition coefficient (Wildman–Crippen LogP) is 3.06. The average Bonchev–Trinajstić information content (AvgIpc) is 2.96. The number of rotatable bonds is 5. The highest BCUT2D eigenvalue weighted by Crippen LogP contribution is 2.22. The van der Waals surface area contributed by atoms with Crippen LogP contribution in [0.15, 0.2) is 64.8 Å². The minimum atomic E-state index is -0.462. The number of hydrogen-bond acceptors (Lipinski definition) is 6. The average molecular weight is 354 g/mol. The summed E-state index contributed by atoms with van der Waals surface area (Å²) >= 11 is 1.33. The quantitative estimate of drug-likeness (QED) is 0.469. The van der Waals surface area contributed by atoms with Gasteiger partial charge >= 0.3 is 0 Å². The van der Waals surface area contributed by atoms with Gasteiger partial charge in [0.05, 0.1) is 23.4 Å². The third-order valence-corrected chi connectivity index (χ3v) is 4.42. The second-order valence-electron chi connectivity index (χ2n) is 5.23. The van der Waals surface area contributed by atoms with Gasteiger partial charge in [0.2, 0.25) is 5.91 Å². The van der Waals surface area contributed by atoms with Crippen LogP contribution in [0.2, 0.25) is 0 Å². The molecule has 7 nitrogen and oxygen atoms in total. The molecule has 1 fully saturated rings. The lowest BCUT2D eigenvalue weighted by molar-refractivity contribution is -0.384. The molecular formula is C17H14N4O3S. The van der Waals surface area contributed by atoms with Crippen molar-refractivity contribution in [1.82, 2.24) is 4.90 Å². The maximum atomic E-state index is 12.0. The van der Waals surface area contributed by atoms with Crippen LogP contribution in [0.25, 0.3) is 0 Å². The molecule has 0 atom stereocenters. The summed E-state index contributed by atoms with van der Waals surface area (Å²) in [5.41, 5.74) is 1.57. The van der Waals surface area contributed by atoms with E-state index in [-0.39, 0.29) is 11.6 Å². The van der Waals surface area contributed by atoms with Crippen molar-refractivity contribution >= 4 is 34.7 Å². The summed E-state index contributed by atoms with van der Waals surface area (Å²) in [5, 5.41) is 19.4. The molecule has 0 saturated carbocycles. The summed E-state index contributed by atoms with van der Waals surface area (Å²) in [6.07, 6.45) is 1.43. The Morgan fingerprint density at radius 2 is 2.00 bits per heavy atom. The molecule has 1 amide bonds. The van der Waals surface area contributed by atoms with E-state index in [1.54, 1.807) is 17.0 Å². The summed E-state index contributed by atoms with van der Waals surface area (Å²) in [6.45, 7) is 0.442. The van der Waals surface area contributed by atoms with E-state index in [4.69, 9.17) is 0 Å². The van der Waals surface area contributed by atoms with Gasteiger partial charge in [-0.1, -0.05) is 54.2 Å². The highest BCUT2D eigenvalue weighted by molar-refractivity contribution is 8.15. The number of amidine groups is 1. The van der Waals surface area contributed by atoms with Gasteiger partial charge in [-0.25, -0.2) is 0 Å². The Bertz CT molecular complexity index is 852. The Morgan fingerprint density at radius 1 is 1.20 bits per heavy atom. The zero-order valence-corrected chi connectivity index (χ0v) is 13.9. The van der Waals surface area contributed by atoms with Gasteiger partial charge in [-0.3, -0.25) is 19.8 Å². The van der Waals surface area contributed by atoms with Gasteiger partial charge < -0.3 is 0 Å². The minimum absolute atomic E-state index is 0.00673. The molecule has 0 aromatic heterocycles. The summed E-state index contributed by atoms with van der Waals surface area (Å²) < 4.78 is 0. The summed E-state index contributed by atoms with van der Waals surface area (Å²) in [6, 6.07) is 15.8. The second-order valence-corrected chi connectivity index (χ2v) is 6.18. The molecule has 3 rings (SSSR count). The van der Waals surface area contributed by atoms with Crippen LogP contribution in [0.4, 0.5) is 5.69 Å². The second kappa shape index (κ2) is 7.71. The highest BCUT2D eigenvalue weighted by Gasteiger charge is 2.28. The third kappa shape index (κ3) is 4.30. The molecule has 1 aliphatic rings. The Balaban J connectivity index is 1.74. The van der Waals surface area contributed by atoms with Crippen molar-refractivity contribution in [2.45, 2.75) is 6.54 Å². The van der Waals surface area contributed by atoms with E-state index in [0.29, 0.717) is 23.0 Å². The molecule has 0 aliphatic carbocycles. The summed E-state index contributed by atoms with van der Waals surface area (Å²) in [4.78, 5) is 23.9. The van der Waals surface area contributed by atoms with Gasteiger partial charge in [-0.15, -0.1) is 5.10 Å². The molecule has 0 bridgehead atoms. The Kier molecular flexibility index (Phi) is 5.20. The highest BCUT2D eigenvalue weighted by atomic mass is 32.2. The molecule has 0 N–H and O–H groups in total. The van der Waals surface area contributed by atoms with Gasteiger partial charge in [-0.2, -0.15) is 5.10 Å². The first-order chi connectivity index (χ1) is 12.1. The number of hydrogen-bond donors (Lipinski definition) is 0. The summed E-state index contributed by atoms with van der Waals surface area (Å²) in [5.74, 6) is 0.316. The molecule has 25 heavy (non-hydrogen) atoms.